The van der Waals surface area contributed by atoms with Crippen LogP contribution in [0.3, 0.4) is 0 Å². The molecule has 0 saturated carbocycles. The molecule has 1 fully saturated rings. The third kappa shape index (κ3) is 5.44. The molecule has 2 unspecified atom stereocenters. The van der Waals surface area contributed by atoms with Crippen molar-refractivity contribution < 1.29 is 8.94 Å². The summed E-state index contributed by atoms with van der Waals surface area (Å²) in [6.07, 6.45) is 3.05. The van der Waals surface area contributed by atoms with E-state index in [1.807, 2.05) is 43.4 Å². The third-order valence-electron chi connectivity index (χ3n) is 6.19. The fourth-order valence-corrected chi connectivity index (χ4v) is 5.52. The minimum Gasteiger partial charge on any atom is -0.414 e. The molecule has 1 aliphatic heterocycles. The molecule has 0 amide bonds. The molecular weight excluding hydrogens is 473 g/mol. The normalized spacial score (nSPS) is 16.9. The van der Waals surface area contributed by atoms with E-state index >= 15 is 0 Å². The fraction of sp³-hybridized carbons (Fsp3) is 0.308. The molecule has 4 aromatic rings. The summed E-state index contributed by atoms with van der Waals surface area (Å²) in [7, 11) is 3.37. The number of aromatic nitrogens is 4. The Bertz CT molecular complexity index is 1310. The van der Waals surface area contributed by atoms with E-state index in [-0.39, 0.29) is 11.7 Å². The Labute approximate surface area is 212 Å². The molecule has 2 atom stereocenters. The maximum absolute atomic E-state index is 6.31. The molecule has 0 bridgehead atoms. The van der Waals surface area contributed by atoms with Crippen LogP contribution in [-0.4, -0.2) is 65.0 Å². The molecule has 1 aliphatic rings. The van der Waals surface area contributed by atoms with Gasteiger partial charge in [-0.05, 0) is 44.9 Å². The number of anilines is 1. The number of likely N-dealkylation sites (N-methyl/N-ethyl adjacent to an activating group) is 1. The first-order valence-electron chi connectivity index (χ1n) is 11.9. The van der Waals surface area contributed by atoms with E-state index in [2.05, 4.69) is 51.2 Å². The first-order valence-corrected chi connectivity index (χ1v) is 13.6. The number of likely N-dealkylation sites (tertiary alicyclic amines) is 1. The van der Waals surface area contributed by atoms with Gasteiger partial charge in [-0.25, -0.2) is 9.97 Å². The van der Waals surface area contributed by atoms with Crippen molar-refractivity contribution in [1.82, 2.24) is 30.4 Å². The monoisotopic (exact) mass is 503 g/mol. The minimum absolute atomic E-state index is 0.236. The second-order valence-electron chi connectivity index (χ2n) is 8.95. The van der Waals surface area contributed by atoms with E-state index in [9.17, 15) is 0 Å². The first-order chi connectivity index (χ1) is 17.5. The number of nitrogens with zero attached hydrogens (tertiary/aromatic N) is 5. The third-order valence-corrected chi connectivity index (χ3v) is 7.83. The predicted octanol–water partition coefficient (Wildman–Crippen LogP) is 3.53. The van der Waals surface area contributed by atoms with Crippen LogP contribution < -0.4 is 16.4 Å². The predicted molar refractivity (Wildman–Crippen MR) is 143 cm³/mol. The standard InChI is InChI=1S/C26H30N7O2P/c1-28-14-17-4-6-19(7-5-17)25-31-32-26(34-25)23-24(27)29-15-22(30-23)18-8-10-21(11-9-18)36(3)35-20-12-13-33(2)16-20/h4-11,15,20,28H,12-14,16H2,1-3H3,(H2,27,29). The molecule has 3 heterocycles. The highest BCUT2D eigenvalue weighted by atomic mass is 31.1. The van der Waals surface area contributed by atoms with Crippen molar-refractivity contribution >= 4 is 19.3 Å². The molecule has 36 heavy (non-hydrogen) atoms. The van der Waals surface area contributed by atoms with Crippen LogP contribution in [0.4, 0.5) is 5.82 Å². The molecule has 1 saturated heterocycles. The Balaban J connectivity index is 1.33. The molecule has 5 rings (SSSR count). The van der Waals surface area contributed by atoms with E-state index < -0.39 is 8.15 Å². The van der Waals surface area contributed by atoms with Gasteiger partial charge in [-0.2, -0.15) is 0 Å². The molecule has 0 spiro atoms. The smallest absolute Gasteiger partial charge is 0.270 e. The highest BCUT2D eigenvalue weighted by molar-refractivity contribution is 7.60. The van der Waals surface area contributed by atoms with Crippen molar-refractivity contribution in [2.24, 2.45) is 0 Å². The highest BCUT2D eigenvalue weighted by Gasteiger charge is 2.23. The van der Waals surface area contributed by atoms with E-state index in [1.165, 1.54) is 10.9 Å². The summed E-state index contributed by atoms with van der Waals surface area (Å²) in [5.74, 6) is 0.878. The Morgan fingerprint density at radius 1 is 1.08 bits per heavy atom. The summed E-state index contributed by atoms with van der Waals surface area (Å²) in [6.45, 7) is 5.04. The Kier molecular flexibility index (Phi) is 7.34. The second-order valence-corrected chi connectivity index (χ2v) is 10.7. The second kappa shape index (κ2) is 10.8. The zero-order valence-corrected chi connectivity index (χ0v) is 21.6. The molecule has 3 N–H and O–H groups in total. The molecular formula is C26H30N7O2P. The Morgan fingerprint density at radius 2 is 1.81 bits per heavy atom. The van der Waals surface area contributed by atoms with Gasteiger partial charge in [-0.3, -0.25) is 0 Å². The van der Waals surface area contributed by atoms with Crippen LogP contribution in [0.15, 0.2) is 59.1 Å². The number of rotatable bonds is 8. The molecule has 0 radical (unpaired) electrons. The van der Waals surface area contributed by atoms with Crippen LogP contribution in [0, 0.1) is 0 Å². The van der Waals surface area contributed by atoms with Crippen molar-refractivity contribution in [2.75, 3.05) is 39.6 Å². The zero-order chi connectivity index (χ0) is 25.1. The fourth-order valence-electron chi connectivity index (χ4n) is 4.21. The lowest BCUT2D eigenvalue weighted by molar-refractivity contribution is 0.235. The van der Waals surface area contributed by atoms with Crippen LogP contribution in [0.2, 0.25) is 0 Å². The lowest BCUT2D eigenvalue weighted by Crippen LogP contribution is -2.19. The molecule has 9 nitrogen and oxygen atoms in total. The van der Waals surface area contributed by atoms with Crippen molar-refractivity contribution in [1.29, 1.82) is 0 Å². The van der Waals surface area contributed by atoms with Crippen LogP contribution >= 0.6 is 8.15 Å². The SMILES string of the molecule is CNCc1ccc(-c2nnc(-c3nc(-c4ccc(P(C)OC5CCN(C)C5)cc4)cnc3N)o2)cc1. The summed E-state index contributed by atoms with van der Waals surface area (Å²) in [4.78, 5) is 11.3. The Morgan fingerprint density at radius 3 is 2.50 bits per heavy atom. The van der Waals surface area contributed by atoms with Gasteiger partial charge in [0.15, 0.2) is 11.5 Å². The van der Waals surface area contributed by atoms with Gasteiger partial charge in [0.25, 0.3) is 5.89 Å². The van der Waals surface area contributed by atoms with Gasteiger partial charge in [-0.1, -0.05) is 36.4 Å². The Hall–Kier alpha value is -3.23. The number of hydrogen-bond acceptors (Lipinski definition) is 9. The van der Waals surface area contributed by atoms with Gasteiger partial charge in [0.05, 0.1) is 26.1 Å². The molecule has 2 aromatic heterocycles. The van der Waals surface area contributed by atoms with Gasteiger partial charge in [0.1, 0.15) is 0 Å². The average molecular weight is 504 g/mol. The number of nitrogen functional groups attached to an aromatic ring is 1. The van der Waals surface area contributed by atoms with Crippen molar-refractivity contribution in [3.63, 3.8) is 0 Å². The largest absolute Gasteiger partial charge is 0.414 e. The quantitative estimate of drug-likeness (QED) is 0.348. The van der Waals surface area contributed by atoms with Crippen LogP contribution in [-0.2, 0) is 11.1 Å². The molecule has 2 aromatic carbocycles. The van der Waals surface area contributed by atoms with Crippen LogP contribution in [0.25, 0.3) is 34.3 Å². The first kappa shape index (κ1) is 24.5. The van der Waals surface area contributed by atoms with Crippen LogP contribution in [0.5, 0.6) is 0 Å². The summed E-state index contributed by atoms with van der Waals surface area (Å²) in [5, 5.41) is 12.7. The maximum Gasteiger partial charge on any atom is 0.270 e. The van der Waals surface area contributed by atoms with Crippen molar-refractivity contribution in [3.05, 3.63) is 60.3 Å². The number of benzene rings is 2. The van der Waals surface area contributed by atoms with E-state index in [4.69, 9.17) is 19.7 Å². The minimum atomic E-state index is -0.678. The van der Waals surface area contributed by atoms with E-state index in [0.29, 0.717) is 23.4 Å². The zero-order valence-electron chi connectivity index (χ0n) is 20.7. The summed E-state index contributed by atoms with van der Waals surface area (Å²) < 4.78 is 12.2. The van der Waals surface area contributed by atoms with Gasteiger partial charge >= 0.3 is 0 Å². The number of nitrogens with two attached hydrogens (primary N) is 1. The maximum atomic E-state index is 6.31. The van der Waals surface area contributed by atoms with Crippen molar-refractivity contribution in [3.8, 4) is 34.3 Å². The van der Waals surface area contributed by atoms with Gasteiger partial charge in [0, 0.05) is 36.1 Å². The summed E-state index contributed by atoms with van der Waals surface area (Å²) in [5.41, 5.74) is 10.1. The van der Waals surface area contributed by atoms with Gasteiger partial charge in [-0.15, -0.1) is 10.2 Å². The summed E-state index contributed by atoms with van der Waals surface area (Å²) >= 11 is 0. The number of nitrogens with one attached hydrogen (secondary N) is 1. The topological polar surface area (TPSA) is 115 Å². The van der Waals surface area contributed by atoms with Gasteiger partial charge in [0.2, 0.25) is 5.89 Å². The highest BCUT2D eigenvalue weighted by Crippen LogP contribution is 2.36. The molecule has 186 valence electrons. The summed E-state index contributed by atoms with van der Waals surface area (Å²) in [6, 6.07) is 16.2. The molecule has 10 heteroatoms. The molecule has 0 aliphatic carbocycles. The average Bonchev–Trinajstić information content (AvgIpc) is 3.54. The number of hydrogen-bond donors (Lipinski definition) is 2. The van der Waals surface area contributed by atoms with E-state index in [0.717, 1.165) is 37.2 Å². The lowest BCUT2D eigenvalue weighted by atomic mass is 10.1. The van der Waals surface area contributed by atoms with Crippen molar-refractivity contribution in [2.45, 2.75) is 19.1 Å². The van der Waals surface area contributed by atoms with Gasteiger partial charge < -0.3 is 24.9 Å². The van der Waals surface area contributed by atoms with E-state index in [1.54, 1.807) is 6.20 Å². The van der Waals surface area contributed by atoms with Crippen LogP contribution in [0.1, 0.15) is 12.0 Å². The lowest BCUT2D eigenvalue weighted by Gasteiger charge is -2.19.